The number of benzene rings is 1. The van der Waals surface area contributed by atoms with E-state index in [9.17, 15) is 9.59 Å². The molecular weight excluding hydrogens is 256 g/mol. The van der Waals surface area contributed by atoms with E-state index in [1.807, 2.05) is 44.2 Å². The molecule has 0 saturated heterocycles. The zero-order chi connectivity index (χ0) is 15.0. The molecular formula is C15H22N2O3. The molecule has 0 saturated carbocycles. The molecule has 0 heterocycles. The van der Waals surface area contributed by atoms with Crippen molar-refractivity contribution in [2.45, 2.75) is 39.5 Å². The van der Waals surface area contributed by atoms with Crippen molar-refractivity contribution in [2.75, 3.05) is 6.61 Å². The van der Waals surface area contributed by atoms with Crippen LogP contribution in [0.2, 0.25) is 0 Å². The van der Waals surface area contributed by atoms with Crippen molar-refractivity contribution < 1.29 is 14.3 Å². The molecule has 0 radical (unpaired) electrons. The number of rotatable bonds is 7. The average molecular weight is 278 g/mol. The van der Waals surface area contributed by atoms with Crippen molar-refractivity contribution >= 4 is 11.8 Å². The molecule has 0 bridgehead atoms. The number of hydrogen-bond acceptors (Lipinski definition) is 3. The first-order valence-corrected chi connectivity index (χ1v) is 6.69. The Morgan fingerprint density at radius 2 is 1.85 bits per heavy atom. The van der Waals surface area contributed by atoms with E-state index < -0.39 is 6.04 Å². The third kappa shape index (κ3) is 6.33. The lowest BCUT2D eigenvalue weighted by Gasteiger charge is -2.19. The highest BCUT2D eigenvalue weighted by Crippen LogP contribution is 1.98. The Labute approximate surface area is 119 Å². The lowest BCUT2D eigenvalue weighted by Crippen LogP contribution is -2.48. The van der Waals surface area contributed by atoms with Gasteiger partial charge in [-0.15, -0.1) is 0 Å². The maximum absolute atomic E-state index is 12.1. The van der Waals surface area contributed by atoms with Gasteiger partial charge in [-0.3, -0.25) is 9.59 Å². The fourth-order valence-electron chi connectivity index (χ4n) is 1.63. The number of nitrogens with one attached hydrogen (secondary N) is 2. The maximum atomic E-state index is 12.1. The number of hydrogen-bond donors (Lipinski definition) is 2. The standard InChI is InChI=1S/C15H22N2O3/c1-11(2)20-10-14(17-12(3)18)15(19)16-9-13-7-5-4-6-8-13/h4-8,11,14H,9-10H2,1-3H3,(H,16,19)(H,17,18)/t14-/m1/s1. The quantitative estimate of drug-likeness (QED) is 0.788. The summed E-state index contributed by atoms with van der Waals surface area (Å²) in [6.45, 7) is 5.74. The first-order valence-electron chi connectivity index (χ1n) is 6.69. The third-order valence-corrected chi connectivity index (χ3v) is 2.60. The van der Waals surface area contributed by atoms with E-state index >= 15 is 0 Å². The average Bonchev–Trinajstić information content (AvgIpc) is 2.41. The monoisotopic (exact) mass is 278 g/mol. The van der Waals surface area contributed by atoms with Crippen LogP contribution in [0.4, 0.5) is 0 Å². The normalized spacial score (nSPS) is 12.0. The van der Waals surface area contributed by atoms with E-state index in [4.69, 9.17) is 4.74 Å². The number of amides is 2. The summed E-state index contributed by atoms with van der Waals surface area (Å²) < 4.78 is 5.40. The van der Waals surface area contributed by atoms with Crippen molar-refractivity contribution in [3.8, 4) is 0 Å². The summed E-state index contributed by atoms with van der Waals surface area (Å²) in [4.78, 5) is 23.2. The van der Waals surface area contributed by atoms with Gasteiger partial charge in [-0.2, -0.15) is 0 Å². The van der Waals surface area contributed by atoms with E-state index in [2.05, 4.69) is 10.6 Å². The molecule has 0 aliphatic carbocycles. The summed E-state index contributed by atoms with van der Waals surface area (Å²) in [7, 11) is 0. The summed E-state index contributed by atoms with van der Waals surface area (Å²) >= 11 is 0. The molecule has 0 unspecified atom stereocenters. The molecule has 2 N–H and O–H groups in total. The zero-order valence-corrected chi connectivity index (χ0v) is 12.2. The van der Waals surface area contributed by atoms with Gasteiger partial charge < -0.3 is 15.4 Å². The van der Waals surface area contributed by atoms with Crippen LogP contribution in [0.5, 0.6) is 0 Å². The molecule has 5 heteroatoms. The van der Waals surface area contributed by atoms with E-state index in [0.29, 0.717) is 6.54 Å². The first kappa shape index (κ1) is 16.2. The Bertz CT molecular complexity index is 432. The molecule has 1 aromatic rings. The number of carbonyl (C=O) groups excluding carboxylic acids is 2. The molecule has 0 fully saturated rings. The Balaban J connectivity index is 2.51. The van der Waals surface area contributed by atoms with Crippen LogP contribution in [-0.4, -0.2) is 30.6 Å². The summed E-state index contributed by atoms with van der Waals surface area (Å²) in [6.07, 6.45) is 0.00758. The van der Waals surface area contributed by atoms with Gasteiger partial charge >= 0.3 is 0 Å². The second-order valence-electron chi connectivity index (χ2n) is 4.84. The topological polar surface area (TPSA) is 67.4 Å². The van der Waals surface area contributed by atoms with E-state index in [-0.39, 0.29) is 24.5 Å². The van der Waals surface area contributed by atoms with Crippen molar-refractivity contribution in [3.05, 3.63) is 35.9 Å². The van der Waals surface area contributed by atoms with Crippen LogP contribution in [-0.2, 0) is 20.9 Å². The van der Waals surface area contributed by atoms with Crippen LogP contribution in [0.25, 0.3) is 0 Å². The van der Waals surface area contributed by atoms with Crippen LogP contribution in [0.1, 0.15) is 26.3 Å². The van der Waals surface area contributed by atoms with Gasteiger partial charge in [0.05, 0.1) is 12.7 Å². The Morgan fingerprint density at radius 3 is 2.40 bits per heavy atom. The predicted octanol–water partition coefficient (Wildman–Crippen LogP) is 1.23. The summed E-state index contributed by atoms with van der Waals surface area (Å²) in [6, 6.07) is 8.93. The molecule has 0 aromatic heterocycles. The van der Waals surface area contributed by atoms with Gasteiger partial charge in [0, 0.05) is 13.5 Å². The van der Waals surface area contributed by atoms with Crippen LogP contribution in [0.3, 0.4) is 0 Å². The highest BCUT2D eigenvalue weighted by atomic mass is 16.5. The lowest BCUT2D eigenvalue weighted by atomic mass is 10.2. The van der Waals surface area contributed by atoms with Gasteiger partial charge in [0.25, 0.3) is 0 Å². The van der Waals surface area contributed by atoms with Crippen LogP contribution >= 0.6 is 0 Å². The molecule has 1 aromatic carbocycles. The smallest absolute Gasteiger partial charge is 0.245 e. The molecule has 0 aliphatic heterocycles. The minimum Gasteiger partial charge on any atom is -0.376 e. The molecule has 5 nitrogen and oxygen atoms in total. The molecule has 20 heavy (non-hydrogen) atoms. The maximum Gasteiger partial charge on any atom is 0.245 e. The predicted molar refractivity (Wildman–Crippen MR) is 77.0 cm³/mol. The number of ether oxygens (including phenoxy) is 1. The highest BCUT2D eigenvalue weighted by molar-refractivity contribution is 5.86. The van der Waals surface area contributed by atoms with Gasteiger partial charge in [-0.05, 0) is 19.4 Å². The SMILES string of the molecule is CC(=O)N[C@H](COC(C)C)C(=O)NCc1ccccc1. The number of carbonyl (C=O) groups is 2. The summed E-state index contributed by atoms with van der Waals surface area (Å²) in [5.41, 5.74) is 1.01. The lowest BCUT2D eigenvalue weighted by molar-refractivity contribution is -0.130. The second kappa shape index (κ2) is 8.32. The Morgan fingerprint density at radius 1 is 1.20 bits per heavy atom. The van der Waals surface area contributed by atoms with Gasteiger partial charge in [0.15, 0.2) is 0 Å². The highest BCUT2D eigenvalue weighted by Gasteiger charge is 2.19. The second-order valence-corrected chi connectivity index (χ2v) is 4.84. The minimum absolute atomic E-state index is 0.00758. The van der Waals surface area contributed by atoms with Gasteiger partial charge in [0.1, 0.15) is 6.04 Å². The Hall–Kier alpha value is -1.88. The minimum atomic E-state index is -0.668. The third-order valence-electron chi connectivity index (χ3n) is 2.60. The summed E-state index contributed by atoms with van der Waals surface area (Å²) in [5, 5.41) is 5.39. The van der Waals surface area contributed by atoms with Gasteiger partial charge in [-0.25, -0.2) is 0 Å². The fraction of sp³-hybridized carbons (Fsp3) is 0.467. The van der Waals surface area contributed by atoms with E-state index in [1.165, 1.54) is 6.92 Å². The molecule has 0 aliphatic rings. The molecule has 110 valence electrons. The van der Waals surface area contributed by atoms with Crippen molar-refractivity contribution in [2.24, 2.45) is 0 Å². The van der Waals surface area contributed by atoms with E-state index in [0.717, 1.165) is 5.56 Å². The van der Waals surface area contributed by atoms with Crippen LogP contribution in [0.15, 0.2) is 30.3 Å². The van der Waals surface area contributed by atoms with Crippen LogP contribution < -0.4 is 10.6 Å². The van der Waals surface area contributed by atoms with Crippen molar-refractivity contribution in [1.29, 1.82) is 0 Å². The van der Waals surface area contributed by atoms with Gasteiger partial charge in [0.2, 0.25) is 11.8 Å². The van der Waals surface area contributed by atoms with Crippen molar-refractivity contribution in [3.63, 3.8) is 0 Å². The van der Waals surface area contributed by atoms with Crippen molar-refractivity contribution in [1.82, 2.24) is 10.6 Å². The largest absolute Gasteiger partial charge is 0.376 e. The molecule has 0 spiro atoms. The van der Waals surface area contributed by atoms with E-state index in [1.54, 1.807) is 0 Å². The Kier molecular flexibility index (Phi) is 6.73. The summed E-state index contributed by atoms with van der Waals surface area (Å²) in [5.74, 6) is -0.498. The zero-order valence-electron chi connectivity index (χ0n) is 12.2. The molecule has 1 atom stereocenters. The fourth-order valence-corrected chi connectivity index (χ4v) is 1.63. The van der Waals surface area contributed by atoms with Crippen LogP contribution in [0, 0.1) is 0 Å². The molecule has 1 rings (SSSR count). The van der Waals surface area contributed by atoms with Gasteiger partial charge in [-0.1, -0.05) is 30.3 Å². The first-order chi connectivity index (χ1) is 9.49. The molecule has 2 amide bonds.